The van der Waals surface area contributed by atoms with Crippen molar-refractivity contribution in [1.82, 2.24) is 15.1 Å². The number of carbonyl (C=O) groups is 1. The van der Waals surface area contributed by atoms with Crippen LogP contribution in [0.3, 0.4) is 0 Å². The van der Waals surface area contributed by atoms with Crippen LogP contribution in [0.25, 0.3) is 0 Å². The summed E-state index contributed by atoms with van der Waals surface area (Å²) in [7, 11) is 1.78. The number of piperazine rings is 1. The molecule has 7 heteroatoms. The lowest BCUT2D eigenvalue weighted by molar-refractivity contribution is 0.0772. The van der Waals surface area contributed by atoms with Crippen LogP contribution in [0, 0.1) is 0 Å². The van der Waals surface area contributed by atoms with Gasteiger partial charge in [0, 0.05) is 46.4 Å². The van der Waals surface area contributed by atoms with Gasteiger partial charge in [0.25, 0.3) is 0 Å². The van der Waals surface area contributed by atoms with E-state index in [4.69, 9.17) is 9.47 Å². The molecule has 0 aromatic rings. The molecule has 0 bridgehead atoms. The lowest BCUT2D eigenvalue weighted by atomic mass is 10.3. The van der Waals surface area contributed by atoms with Crippen molar-refractivity contribution >= 4 is 12.1 Å². The van der Waals surface area contributed by atoms with Gasteiger partial charge in [-0.15, -0.1) is 0 Å². The van der Waals surface area contributed by atoms with Crippen molar-refractivity contribution in [3.05, 3.63) is 0 Å². The Balaban J connectivity index is 2.27. The summed E-state index contributed by atoms with van der Waals surface area (Å²) in [6, 6.07) is 0. The molecule has 7 nitrogen and oxygen atoms in total. The monoisotopic (exact) mass is 314 g/mol. The number of guanidine groups is 1. The highest BCUT2D eigenvalue weighted by atomic mass is 16.6. The molecular weight excluding hydrogens is 284 g/mol. The molecule has 1 N–H and O–H groups in total. The first-order chi connectivity index (χ1) is 10.6. The Bertz CT molecular complexity index is 353. The zero-order chi connectivity index (χ0) is 16.4. The molecule has 0 saturated carbocycles. The van der Waals surface area contributed by atoms with Crippen molar-refractivity contribution in [1.29, 1.82) is 0 Å². The van der Waals surface area contributed by atoms with Crippen LogP contribution in [0.4, 0.5) is 4.79 Å². The quantitative estimate of drug-likeness (QED) is 0.452. The lowest BCUT2D eigenvalue weighted by Gasteiger charge is -2.35. The molecule has 0 spiro atoms. The van der Waals surface area contributed by atoms with Crippen molar-refractivity contribution in [2.75, 3.05) is 53.0 Å². The first-order valence-electron chi connectivity index (χ1n) is 8.07. The number of nitrogens with one attached hydrogen (secondary N) is 1. The number of aliphatic imine (C=N–C) groups is 1. The molecule has 0 radical (unpaired) electrons. The number of hydrogen-bond donors (Lipinski definition) is 1. The zero-order valence-electron chi connectivity index (χ0n) is 14.3. The van der Waals surface area contributed by atoms with E-state index in [0.717, 1.165) is 38.6 Å². The van der Waals surface area contributed by atoms with Crippen molar-refractivity contribution < 1.29 is 14.3 Å². The Morgan fingerprint density at radius 1 is 1.23 bits per heavy atom. The topological polar surface area (TPSA) is 66.4 Å². The molecular formula is C15H30N4O3. The number of amides is 1. The summed E-state index contributed by atoms with van der Waals surface area (Å²) in [5, 5.41) is 3.34. The summed E-state index contributed by atoms with van der Waals surface area (Å²) in [5.74, 6) is 0.882. The van der Waals surface area contributed by atoms with E-state index in [0.29, 0.717) is 19.7 Å². The predicted molar refractivity (Wildman–Crippen MR) is 87.2 cm³/mol. The summed E-state index contributed by atoms with van der Waals surface area (Å²) < 4.78 is 10.5. The Hall–Kier alpha value is -1.50. The van der Waals surface area contributed by atoms with Gasteiger partial charge in [-0.1, -0.05) is 0 Å². The van der Waals surface area contributed by atoms with Crippen molar-refractivity contribution in [2.24, 2.45) is 4.99 Å². The van der Waals surface area contributed by atoms with Crippen molar-refractivity contribution in [2.45, 2.75) is 33.3 Å². The summed E-state index contributed by atoms with van der Waals surface area (Å²) in [5.41, 5.74) is 0. The standard InChI is InChI=1S/C15H30N4O3/c1-5-21-15(20)19-10-8-18(9-11-19)14(16-4)17-7-6-12-22-13(2)3/h13H,5-12H2,1-4H3,(H,16,17). The van der Waals surface area contributed by atoms with Gasteiger partial charge in [-0.25, -0.2) is 4.79 Å². The van der Waals surface area contributed by atoms with E-state index >= 15 is 0 Å². The summed E-state index contributed by atoms with van der Waals surface area (Å²) in [6.07, 6.45) is 0.992. The van der Waals surface area contributed by atoms with Gasteiger partial charge in [0.05, 0.1) is 12.7 Å². The molecule has 22 heavy (non-hydrogen) atoms. The van der Waals surface area contributed by atoms with Gasteiger partial charge >= 0.3 is 6.09 Å². The van der Waals surface area contributed by atoms with Crippen molar-refractivity contribution in [3.63, 3.8) is 0 Å². The average molecular weight is 314 g/mol. The van der Waals surface area contributed by atoms with E-state index in [9.17, 15) is 4.79 Å². The number of hydrogen-bond acceptors (Lipinski definition) is 4. The minimum absolute atomic E-state index is 0.226. The average Bonchev–Trinajstić information content (AvgIpc) is 2.51. The van der Waals surface area contributed by atoms with Gasteiger partial charge in [0.1, 0.15) is 0 Å². The predicted octanol–water partition coefficient (Wildman–Crippen LogP) is 1.15. The smallest absolute Gasteiger partial charge is 0.409 e. The van der Waals surface area contributed by atoms with Gasteiger partial charge in [-0.2, -0.15) is 0 Å². The number of rotatable bonds is 6. The van der Waals surface area contributed by atoms with Crippen molar-refractivity contribution in [3.8, 4) is 0 Å². The van der Waals surface area contributed by atoms with E-state index < -0.39 is 0 Å². The highest BCUT2D eigenvalue weighted by molar-refractivity contribution is 5.80. The Labute approximate surface area is 133 Å². The van der Waals surface area contributed by atoms with Crippen LogP contribution in [0.2, 0.25) is 0 Å². The van der Waals surface area contributed by atoms with Gasteiger partial charge < -0.3 is 24.6 Å². The van der Waals surface area contributed by atoms with Crippen LogP contribution < -0.4 is 5.32 Å². The lowest BCUT2D eigenvalue weighted by Crippen LogP contribution is -2.54. The first-order valence-corrected chi connectivity index (χ1v) is 8.07. The van der Waals surface area contributed by atoms with E-state index in [2.05, 4.69) is 15.2 Å². The minimum atomic E-state index is -0.226. The van der Waals surface area contributed by atoms with Crippen LogP contribution in [-0.2, 0) is 9.47 Å². The zero-order valence-corrected chi connectivity index (χ0v) is 14.3. The fourth-order valence-electron chi connectivity index (χ4n) is 2.24. The van der Waals surface area contributed by atoms with Crippen LogP contribution in [0.1, 0.15) is 27.2 Å². The minimum Gasteiger partial charge on any atom is -0.450 e. The normalized spacial score (nSPS) is 16.1. The number of nitrogens with zero attached hydrogens (tertiary/aromatic N) is 3. The molecule has 0 unspecified atom stereocenters. The Morgan fingerprint density at radius 3 is 2.41 bits per heavy atom. The third kappa shape index (κ3) is 6.51. The molecule has 0 aliphatic carbocycles. The fraction of sp³-hybridized carbons (Fsp3) is 0.867. The molecule has 1 rings (SSSR count). The van der Waals surface area contributed by atoms with E-state index in [1.54, 1.807) is 11.9 Å². The Morgan fingerprint density at radius 2 is 1.86 bits per heavy atom. The fourth-order valence-corrected chi connectivity index (χ4v) is 2.24. The highest BCUT2D eigenvalue weighted by Crippen LogP contribution is 2.04. The third-order valence-corrected chi connectivity index (χ3v) is 3.37. The van der Waals surface area contributed by atoms with Crippen LogP contribution in [0.15, 0.2) is 4.99 Å². The molecule has 0 aromatic heterocycles. The van der Waals surface area contributed by atoms with Gasteiger partial charge in [-0.05, 0) is 27.2 Å². The van der Waals surface area contributed by atoms with Gasteiger partial charge in [0.2, 0.25) is 0 Å². The molecule has 0 aromatic carbocycles. The third-order valence-electron chi connectivity index (χ3n) is 3.37. The molecule has 1 fully saturated rings. The number of ether oxygens (including phenoxy) is 2. The Kier molecular flexibility index (Phi) is 8.65. The van der Waals surface area contributed by atoms with Crippen LogP contribution in [-0.4, -0.2) is 80.9 Å². The molecule has 1 aliphatic heterocycles. The second-order valence-corrected chi connectivity index (χ2v) is 5.42. The molecule has 0 atom stereocenters. The van der Waals surface area contributed by atoms with E-state index in [-0.39, 0.29) is 12.2 Å². The number of carbonyl (C=O) groups excluding carboxylic acids is 1. The van der Waals surface area contributed by atoms with E-state index in [1.807, 2.05) is 20.8 Å². The van der Waals surface area contributed by atoms with Gasteiger partial charge in [-0.3, -0.25) is 4.99 Å². The largest absolute Gasteiger partial charge is 0.450 e. The van der Waals surface area contributed by atoms with E-state index in [1.165, 1.54) is 0 Å². The second-order valence-electron chi connectivity index (χ2n) is 5.42. The van der Waals surface area contributed by atoms with Gasteiger partial charge in [0.15, 0.2) is 5.96 Å². The van der Waals surface area contributed by atoms with Crippen LogP contribution >= 0.6 is 0 Å². The summed E-state index contributed by atoms with van der Waals surface area (Å²) >= 11 is 0. The molecule has 128 valence electrons. The highest BCUT2D eigenvalue weighted by Gasteiger charge is 2.23. The molecule has 1 saturated heterocycles. The SMILES string of the molecule is CCOC(=O)N1CCN(C(=NC)NCCCOC(C)C)CC1. The summed E-state index contributed by atoms with van der Waals surface area (Å²) in [4.78, 5) is 19.9. The summed E-state index contributed by atoms with van der Waals surface area (Å²) in [6.45, 7) is 10.7. The maximum Gasteiger partial charge on any atom is 0.409 e. The molecule has 1 amide bonds. The molecule has 1 aliphatic rings. The second kappa shape index (κ2) is 10.3. The maximum atomic E-state index is 11.7. The molecule has 1 heterocycles. The van der Waals surface area contributed by atoms with Crippen LogP contribution in [0.5, 0.6) is 0 Å². The maximum absolute atomic E-state index is 11.7. The first kappa shape index (κ1) is 18.5.